The predicted molar refractivity (Wildman–Crippen MR) is 78.8 cm³/mol. The van der Waals surface area contributed by atoms with Crippen LogP contribution in [-0.4, -0.2) is 73.1 Å². The highest BCUT2D eigenvalue weighted by molar-refractivity contribution is 6.16. The van der Waals surface area contributed by atoms with Gasteiger partial charge in [-0.1, -0.05) is 0 Å². The lowest BCUT2D eigenvalue weighted by atomic mass is 10.3. The highest BCUT2D eigenvalue weighted by atomic mass is 35.5. The second-order valence-corrected chi connectivity index (χ2v) is 5.40. The minimum atomic E-state index is 0.422. The van der Waals surface area contributed by atoms with E-state index in [1.54, 1.807) is 6.20 Å². The molecule has 6 heteroatoms. The first-order chi connectivity index (χ1) is 9.19. The van der Waals surface area contributed by atoms with E-state index in [0.717, 1.165) is 50.8 Å². The van der Waals surface area contributed by atoms with Crippen molar-refractivity contribution >= 4 is 17.4 Å². The molecule has 0 aliphatic carbocycles. The zero-order valence-corrected chi connectivity index (χ0v) is 12.5. The van der Waals surface area contributed by atoms with E-state index in [9.17, 15) is 0 Å². The fourth-order valence-electron chi connectivity index (χ4n) is 2.12. The molecule has 0 amide bonds. The molecule has 2 heterocycles. The first-order valence-corrected chi connectivity index (χ1v) is 7.21. The number of piperazine rings is 1. The summed E-state index contributed by atoms with van der Waals surface area (Å²) in [5.41, 5.74) is 0.829. The van der Waals surface area contributed by atoms with Gasteiger partial charge in [0.05, 0.1) is 24.0 Å². The molecule has 19 heavy (non-hydrogen) atoms. The van der Waals surface area contributed by atoms with Gasteiger partial charge in [-0.3, -0.25) is 9.88 Å². The molecule has 1 aliphatic rings. The Morgan fingerprint density at radius 1 is 1.16 bits per heavy atom. The van der Waals surface area contributed by atoms with Crippen molar-refractivity contribution in [3.63, 3.8) is 0 Å². The van der Waals surface area contributed by atoms with Gasteiger partial charge in [0.15, 0.2) is 0 Å². The molecule has 1 aliphatic heterocycles. The number of rotatable bonds is 5. The van der Waals surface area contributed by atoms with E-state index < -0.39 is 0 Å². The van der Waals surface area contributed by atoms with E-state index in [4.69, 9.17) is 11.6 Å². The topological polar surface area (TPSA) is 35.5 Å². The molecule has 0 bridgehead atoms. The molecule has 0 radical (unpaired) electrons. The lowest BCUT2D eigenvalue weighted by Gasteiger charge is -2.35. The first kappa shape index (κ1) is 14.5. The molecule has 0 saturated carbocycles. The molecule has 0 spiro atoms. The van der Waals surface area contributed by atoms with Crippen LogP contribution in [0.25, 0.3) is 0 Å². The number of anilines is 1. The maximum absolute atomic E-state index is 5.72. The van der Waals surface area contributed by atoms with Gasteiger partial charge in [-0.15, -0.1) is 11.6 Å². The van der Waals surface area contributed by atoms with Crippen LogP contribution < -0.4 is 4.90 Å². The van der Waals surface area contributed by atoms with E-state index in [1.165, 1.54) is 0 Å². The van der Waals surface area contributed by atoms with E-state index in [0.29, 0.717) is 5.88 Å². The Bertz CT molecular complexity index is 373. The Morgan fingerprint density at radius 2 is 1.89 bits per heavy atom. The van der Waals surface area contributed by atoms with E-state index in [-0.39, 0.29) is 0 Å². The number of nitrogens with zero attached hydrogens (tertiary/aromatic N) is 5. The molecule has 0 N–H and O–H groups in total. The number of hydrogen-bond acceptors (Lipinski definition) is 5. The van der Waals surface area contributed by atoms with E-state index in [1.807, 2.05) is 6.20 Å². The Hall–Kier alpha value is -0.910. The molecule has 0 unspecified atom stereocenters. The standard InChI is InChI=1S/C13H22ClN5/c1-17(2)3-4-18-5-7-19(8-6-18)13-11-15-12(9-14)10-16-13/h10-11H,3-9H2,1-2H3. The molecule has 1 fully saturated rings. The Morgan fingerprint density at radius 3 is 2.42 bits per heavy atom. The highest BCUT2D eigenvalue weighted by Crippen LogP contribution is 2.12. The van der Waals surface area contributed by atoms with Crippen LogP contribution >= 0.6 is 11.6 Å². The number of hydrogen-bond donors (Lipinski definition) is 0. The smallest absolute Gasteiger partial charge is 0.147 e. The number of aromatic nitrogens is 2. The van der Waals surface area contributed by atoms with Crippen LogP contribution in [0.15, 0.2) is 12.4 Å². The van der Waals surface area contributed by atoms with Crippen molar-refractivity contribution in [3.8, 4) is 0 Å². The fraction of sp³-hybridized carbons (Fsp3) is 0.692. The van der Waals surface area contributed by atoms with Crippen molar-refractivity contribution in [1.82, 2.24) is 19.8 Å². The van der Waals surface area contributed by atoms with Gasteiger partial charge < -0.3 is 9.80 Å². The number of alkyl halides is 1. The molecule has 1 saturated heterocycles. The molecule has 0 atom stereocenters. The lowest BCUT2D eigenvalue weighted by Crippen LogP contribution is -2.48. The van der Waals surface area contributed by atoms with Crippen molar-refractivity contribution < 1.29 is 0 Å². The van der Waals surface area contributed by atoms with E-state index in [2.05, 4.69) is 38.8 Å². The third-order valence-corrected chi connectivity index (χ3v) is 3.66. The Labute approximate surface area is 120 Å². The minimum Gasteiger partial charge on any atom is -0.353 e. The minimum absolute atomic E-state index is 0.422. The second kappa shape index (κ2) is 7.03. The number of likely N-dealkylation sites (N-methyl/N-ethyl adjacent to an activating group) is 1. The van der Waals surface area contributed by atoms with Gasteiger partial charge >= 0.3 is 0 Å². The van der Waals surface area contributed by atoms with Gasteiger partial charge in [0.1, 0.15) is 5.82 Å². The summed E-state index contributed by atoms with van der Waals surface area (Å²) in [6.07, 6.45) is 3.59. The predicted octanol–water partition coefficient (Wildman–Crippen LogP) is 0.899. The maximum Gasteiger partial charge on any atom is 0.147 e. The van der Waals surface area contributed by atoms with Gasteiger partial charge in [0.25, 0.3) is 0 Å². The van der Waals surface area contributed by atoms with Gasteiger partial charge in [0, 0.05) is 39.3 Å². The molecular weight excluding hydrogens is 262 g/mol. The van der Waals surface area contributed by atoms with Crippen LogP contribution in [0.2, 0.25) is 0 Å². The van der Waals surface area contributed by atoms with Crippen molar-refractivity contribution in [2.75, 3.05) is 58.3 Å². The highest BCUT2D eigenvalue weighted by Gasteiger charge is 2.17. The van der Waals surface area contributed by atoms with Crippen molar-refractivity contribution in [3.05, 3.63) is 18.1 Å². The van der Waals surface area contributed by atoms with Crippen LogP contribution in [0.1, 0.15) is 5.69 Å². The Kier molecular flexibility index (Phi) is 5.36. The van der Waals surface area contributed by atoms with Crippen molar-refractivity contribution in [2.45, 2.75) is 5.88 Å². The quantitative estimate of drug-likeness (QED) is 0.751. The summed E-state index contributed by atoms with van der Waals surface area (Å²) in [6.45, 7) is 6.46. The normalized spacial score (nSPS) is 17.2. The van der Waals surface area contributed by atoms with Crippen LogP contribution in [0.4, 0.5) is 5.82 Å². The fourth-order valence-corrected chi connectivity index (χ4v) is 2.26. The molecule has 1 aromatic heterocycles. The first-order valence-electron chi connectivity index (χ1n) is 6.68. The summed E-state index contributed by atoms with van der Waals surface area (Å²) in [4.78, 5) is 15.7. The molecule has 1 aromatic rings. The Balaban J connectivity index is 1.81. The molecule has 2 rings (SSSR count). The van der Waals surface area contributed by atoms with Crippen LogP contribution in [0.3, 0.4) is 0 Å². The van der Waals surface area contributed by atoms with Gasteiger partial charge in [-0.2, -0.15) is 0 Å². The second-order valence-electron chi connectivity index (χ2n) is 5.13. The monoisotopic (exact) mass is 283 g/mol. The molecular formula is C13H22ClN5. The van der Waals surface area contributed by atoms with Crippen LogP contribution in [0, 0.1) is 0 Å². The van der Waals surface area contributed by atoms with Gasteiger partial charge in [0.2, 0.25) is 0 Å². The maximum atomic E-state index is 5.72. The zero-order chi connectivity index (χ0) is 13.7. The third-order valence-electron chi connectivity index (χ3n) is 3.39. The summed E-state index contributed by atoms with van der Waals surface area (Å²) >= 11 is 5.72. The molecule has 106 valence electrons. The summed E-state index contributed by atoms with van der Waals surface area (Å²) in [6, 6.07) is 0. The van der Waals surface area contributed by atoms with Crippen molar-refractivity contribution in [1.29, 1.82) is 0 Å². The molecule has 0 aromatic carbocycles. The van der Waals surface area contributed by atoms with Crippen molar-refractivity contribution in [2.24, 2.45) is 0 Å². The summed E-state index contributed by atoms with van der Waals surface area (Å²) in [7, 11) is 4.23. The average molecular weight is 284 g/mol. The van der Waals surface area contributed by atoms with Gasteiger partial charge in [-0.05, 0) is 14.1 Å². The van der Waals surface area contributed by atoms with Crippen LogP contribution in [-0.2, 0) is 5.88 Å². The third kappa shape index (κ3) is 4.30. The van der Waals surface area contributed by atoms with E-state index >= 15 is 0 Å². The molecule has 5 nitrogen and oxygen atoms in total. The van der Waals surface area contributed by atoms with Crippen LogP contribution in [0.5, 0.6) is 0 Å². The summed E-state index contributed by atoms with van der Waals surface area (Å²) in [5.74, 6) is 1.38. The van der Waals surface area contributed by atoms with Gasteiger partial charge in [-0.25, -0.2) is 4.98 Å². The average Bonchev–Trinajstić information content (AvgIpc) is 2.46. The summed E-state index contributed by atoms with van der Waals surface area (Å²) in [5, 5.41) is 0. The SMILES string of the molecule is CN(C)CCN1CCN(c2cnc(CCl)cn2)CC1. The summed E-state index contributed by atoms with van der Waals surface area (Å²) < 4.78 is 0. The lowest BCUT2D eigenvalue weighted by molar-refractivity contribution is 0.229. The zero-order valence-electron chi connectivity index (χ0n) is 11.7. The largest absolute Gasteiger partial charge is 0.353 e. The number of halogens is 1.